The van der Waals surface area contributed by atoms with E-state index in [0.29, 0.717) is 11.8 Å². The summed E-state index contributed by atoms with van der Waals surface area (Å²) in [5.41, 5.74) is 0.208. The van der Waals surface area contributed by atoms with Crippen LogP contribution in [0.4, 0.5) is 0 Å². The molecule has 1 aromatic rings. The van der Waals surface area contributed by atoms with E-state index in [1.54, 1.807) is 0 Å². The van der Waals surface area contributed by atoms with Crippen LogP contribution in [0.25, 0.3) is 0 Å². The summed E-state index contributed by atoms with van der Waals surface area (Å²) in [5.74, 6) is 1.41. The highest BCUT2D eigenvalue weighted by Crippen LogP contribution is 2.27. The average Bonchev–Trinajstić information content (AvgIpc) is 2.56. The molecular formula is C14H24BrNS. The monoisotopic (exact) mass is 317 g/mol. The number of rotatable bonds is 5. The van der Waals surface area contributed by atoms with E-state index >= 15 is 0 Å². The predicted molar refractivity (Wildman–Crippen MR) is 81.8 cm³/mol. The van der Waals surface area contributed by atoms with Crippen LogP contribution in [0.15, 0.2) is 15.9 Å². The molecule has 0 aliphatic heterocycles. The van der Waals surface area contributed by atoms with Gasteiger partial charge in [0.1, 0.15) is 0 Å². The fourth-order valence-corrected chi connectivity index (χ4v) is 3.30. The minimum atomic E-state index is 0.208. The molecular weight excluding hydrogens is 294 g/mol. The lowest BCUT2D eigenvalue weighted by Crippen LogP contribution is -2.40. The van der Waals surface area contributed by atoms with Crippen molar-refractivity contribution in [3.05, 3.63) is 20.8 Å². The van der Waals surface area contributed by atoms with Crippen molar-refractivity contribution in [1.29, 1.82) is 0 Å². The van der Waals surface area contributed by atoms with Gasteiger partial charge in [-0.25, -0.2) is 0 Å². The zero-order valence-corrected chi connectivity index (χ0v) is 13.9. The summed E-state index contributed by atoms with van der Waals surface area (Å²) < 4.78 is 1.27. The van der Waals surface area contributed by atoms with Gasteiger partial charge in [0.25, 0.3) is 0 Å². The molecule has 0 aliphatic carbocycles. The van der Waals surface area contributed by atoms with Crippen molar-refractivity contribution in [3.63, 3.8) is 0 Å². The molecule has 0 saturated heterocycles. The lowest BCUT2D eigenvalue weighted by Gasteiger charge is -2.27. The van der Waals surface area contributed by atoms with Crippen LogP contribution in [-0.4, -0.2) is 12.1 Å². The Labute approximate surface area is 118 Å². The molecule has 0 bridgehead atoms. The van der Waals surface area contributed by atoms with Crippen LogP contribution in [-0.2, 0) is 6.42 Å². The first-order chi connectivity index (χ1) is 7.79. The van der Waals surface area contributed by atoms with Crippen molar-refractivity contribution in [1.82, 2.24) is 5.32 Å². The molecule has 1 nitrogen and oxygen atoms in total. The number of nitrogens with one attached hydrogen (secondary N) is 1. The first-order valence-electron chi connectivity index (χ1n) is 6.26. The second-order valence-electron chi connectivity index (χ2n) is 6.03. The highest BCUT2D eigenvalue weighted by Gasteiger charge is 2.19. The SMILES string of the molecule is CC(C)C(CNC(C)(C)C)Cc1sccc1Br. The van der Waals surface area contributed by atoms with Gasteiger partial charge < -0.3 is 5.32 Å². The number of thiophene rings is 1. The highest BCUT2D eigenvalue weighted by molar-refractivity contribution is 9.10. The van der Waals surface area contributed by atoms with Gasteiger partial charge in [-0.2, -0.15) is 0 Å². The lowest BCUT2D eigenvalue weighted by atomic mass is 9.91. The highest BCUT2D eigenvalue weighted by atomic mass is 79.9. The zero-order chi connectivity index (χ0) is 13.1. The van der Waals surface area contributed by atoms with E-state index in [2.05, 4.69) is 67.3 Å². The first-order valence-corrected chi connectivity index (χ1v) is 7.94. The van der Waals surface area contributed by atoms with E-state index < -0.39 is 0 Å². The third-order valence-corrected chi connectivity index (χ3v) is 4.92. The standard InChI is InChI=1S/C14H24BrNS/c1-10(2)11(9-16-14(3,4)5)8-13-12(15)6-7-17-13/h6-7,10-11,16H,8-9H2,1-5H3. The summed E-state index contributed by atoms with van der Waals surface area (Å²) in [6.07, 6.45) is 1.17. The summed E-state index contributed by atoms with van der Waals surface area (Å²) in [6.45, 7) is 12.4. The molecule has 1 unspecified atom stereocenters. The average molecular weight is 318 g/mol. The van der Waals surface area contributed by atoms with Crippen molar-refractivity contribution in [2.75, 3.05) is 6.54 Å². The van der Waals surface area contributed by atoms with Crippen molar-refractivity contribution in [2.24, 2.45) is 11.8 Å². The van der Waals surface area contributed by atoms with Gasteiger partial charge in [-0.15, -0.1) is 11.3 Å². The molecule has 0 aromatic carbocycles. The van der Waals surface area contributed by atoms with Gasteiger partial charge in [0.05, 0.1) is 0 Å². The van der Waals surface area contributed by atoms with E-state index in [1.165, 1.54) is 15.8 Å². The molecule has 0 radical (unpaired) electrons. The normalized spacial score (nSPS) is 14.3. The van der Waals surface area contributed by atoms with Crippen molar-refractivity contribution in [2.45, 2.75) is 46.6 Å². The Morgan fingerprint density at radius 3 is 2.41 bits per heavy atom. The molecule has 1 rings (SSSR count). The van der Waals surface area contributed by atoms with Gasteiger partial charge in [0, 0.05) is 14.9 Å². The largest absolute Gasteiger partial charge is 0.312 e. The fraction of sp³-hybridized carbons (Fsp3) is 0.714. The molecule has 0 saturated carbocycles. The topological polar surface area (TPSA) is 12.0 Å². The zero-order valence-electron chi connectivity index (χ0n) is 11.5. The Hall–Kier alpha value is 0.140. The molecule has 17 heavy (non-hydrogen) atoms. The summed E-state index contributed by atoms with van der Waals surface area (Å²) in [7, 11) is 0. The molecule has 3 heteroatoms. The van der Waals surface area contributed by atoms with Gasteiger partial charge in [0.15, 0.2) is 0 Å². The van der Waals surface area contributed by atoms with Crippen LogP contribution in [0.5, 0.6) is 0 Å². The van der Waals surface area contributed by atoms with E-state index in [9.17, 15) is 0 Å². The third kappa shape index (κ3) is 5.54. The van der Waals surface area contributed by atoms with Gasteiger partial charge in [-0.3, -0.25) is 0 Å². The van der Waals surface area contributed by atoms with Crippen LogP contribution < -0.4 is 5.32 Å². The maximum absolute atomic E-state index is 3.62. The molecule has 0 amide bonds. The van der Waals surface area contributed by atoms with Crippen molar-refractivity contribution < 1.29 is 0 Å². The van der Waals surface area contributed by atoms with E-state index in [0.717, 1.165) is 6.54 Å². The lowest BCUT2D eigenvalue weighted by molar-refractivity contribution is 0.313. The van der Waals surface area contributed by atoms with E-state index in [-0.39, 0.29) is 5.54 Å². The van der Waals surface area contributed by atoms with Crippen LogP contribution in [0, 0.1) is 11.8 Å². The molecule has 0 spiro atoms. The van der Waals surface area contributed by atoms with Crippen LogP contribution in [0.3, 0.4) is 0 Å². The maximum Gasteiger partial charge on any atom is 0.0314 e. The number of hydrogen-bond acceptors (Lipinski definition) is 2. The summed E-state index contributed by atoms with van der Waals surface area (Å²) in [6, 6.07) is 2.15. The Morgan fingerprint density at radius 1 is 1.35 bits per heavy atom. The van der Waals surface area contributed by atoms with Crippen LogP contribution in [0.2, 0.25) is 0 Å². The Kier molecular flexibility index (Phi) is 5.68. The number of halogens is 1. The Bertz CT molecular complexity index is 338. The summed E-state index contributed by atoms with van der Waals surface area (Å²) in [5, 5.41) is 5.79. The predicted octanol–water partition coefficient (Wildman–Crippen LogP) is 4.71. The van der Waals surface area contributed by atoms with Crippen LogP contribution in [0.1, 0.15) is 39.5 Å². The molecule has 1 heterocycles. The van der Waals surface area contributed by atoms with Gasteiger partial charge in [0.2, 0.25) is 0 Å². The van der Waals surface area contributed by atoms with Gasteiger partial charge in [-0.05, 0) is 72.9 Å². The Balaban J connectivity index is 2.58. The van der Waals surface area contributed by atoms with Crippen LogP contribution >= 0.6 is 27.3 Å². The summed E-state index contributed by atoms with van der Waals surface area (Å²) >= 11 is 5.48. The smallest absolute Gasteiger partial charge is 0.0314 e. The first kappa shape index (κ1) is 15.2. The van der Waals surface area contributed by atoms with Crippen molar-refractivity contribution >= 4 is 27.3 Å². The Morgan fingerprint density at radius 2 is 2.00 bits per heavy atom. The molecule has 1 atom stereocenters. The third-order valence-electron chi connectivity index (χ3n) is 2.98. The maximum atomic E-state index is 3.62. The molecule has 98 valence electrons. The minimum absolute atomic E-state index is 0.208. The minimum Gasteiger partial charge on any atom is -0.312 e. The second kappa shape index (κ2) is 6.35. The second-order valence-corrected chi connectivity index (χ2v) is 7.89. The fourth-order valence-electron chi connectivity index (χ4n) is 1.69. The van der Waals surface area contributed by atoms with Gasteiger partial charge >= 0.3 is 0 Å². The van der Waals surface area contributed by atoms with Crippen molar-refractivity contribution in [3.8, 4) is 0 Å². The molecule has 0 fully saturated rings. The molecule has 1 aromatic heterocycles. The van der Waals surface area contributed by atoms with E-state index in [4.69, 9.17) is 0 Å². The number of hydrogen-bond donors (Lipinski definition) is 1. The van der Waals surface area contributed by atoms with E-state index in [1.807, 2.05) is 11.3 Å². The summed E-state index contributed by atoms with van der Waals surface area (Å²) in [4.78, 5) is 1.47. The molecule has 0 aliphatic rings. The molecule has 1 N–H and O–H groups in total. The van der Waals surface area contributed by atoms with Gasteiger partial charge in [-0.1, -0.05) is 13.8 Å². The quantitative estimate of drug-likeness (QED) is 0.829.